The van der Waals surface area contributed by atoms with Gasteiger partial charge in [-0.15, -0.1) is 0 Å². The molecule has 2 aliphatic rings. The minimum atomic E-state index is 0.0571. The summed E-state index contributed by atoms with van der Waals surface area (Å²) in [4.78, 5) is 14.6. The third-order valence-electron chi connectivity index (χ3n) is 4.86. The van der Waals surface area contributed by atoms with E-state index in [9.17, 15) is 4.79 Å². The summed E-state index contributed by atoms with van der Waals surface area (Å²) < 4.78 is 0. The standard InChI is InChI=1S/C16H30N2O/c1-14(18-11-7-2-3-8-12-18)16(19)17-13-15-9-5-4-6-10-15/h14-15H,2-13H2,1H3,(H,17,19). The quantitative estimate of drug-likeness (QED) is 0.848. The fourth-order valence-corrected chi connectivity index (χ4v) is 3.43. The lowest BCUT2D eigenvalue weighted by Gasteiger charge is -2.28. The van der Waals surface area contributed by atoms with E-state index in [4.69, 9.17) is 0 Å². The zero-order valence-electron chi connectivity index (χ0n) is 12.5. The van der Waals surface area contributed by atoms with Crippen LogP contribution >= 0.6 is 0 Å². The summed E-state index contributed by atoms with van der Waals surface area (Å²) in [6, 6.07) is 0.0571. The molecular weight excluding hydrogens is 236 g/mol. The van der Waals surface area contributed by atoms with Gasteiger partial charge in [0, 0.05) is 6.54 Å². The van der Waals surface area contributed by atoms with Gasteiger partial charge in [0.15, 0.2) is 0 Å². The summed E-state index contributed by atoms with van der Waals surface area (Å²) in [5.74, 6) is 0.974. The second kappa shape index (κ2) is 7.88. The van der Waals surface area contributed by atoms with Crippen LogP contribution in [-0.4, -0.2) is 36.5 Å². The maximum absolute atomic E-state index is 12.2. The van der Waals surface area contributed by atoms with Gasteiger partial charge in [0.25, 0.3) is 0 Å². The van der Waals surface area contributed by atoms with Crippen molar-refractivity contribution in [1.29, 1.82) is 0 Å². The first kappa shape index (κ1) is 14.8. The summed E-state index contributed by atoms with van der Waals surface area (Å²) in [7, 11) is 0. The molecule has 1 atom stereocenters. The molecule has 1 aliphatic carbocycles. The number of carbonyl (C=O) groups excluding carboxylic acids is 1. The van der Waals surface area contributed by atoms with Gasteiger partial charge >= 0.3 is 0 Å². The fraction of sp³-hybridized carbons (Fsp3) is 0.938. The Morgan fingerprint density at radius 3 is 2.26 bits per heavy atom. The molecule has 0 spiro atoms. The number of hydrogen-bond acceptors (Lipinski definition) is 2. The predicted octanol–water partition coefficient (Wildman–Crippen LogP) is 2.95. The van der Waals surface area contributed by atoms with Crippen LogP contribution in [0.15, 0.2) is 0 Å². The van der Waals surface area contributed by atoms with Crippen molar-refractivity contribution in [3.8, 4) is 0 Å². The van der Waals surface area contributed by atoms with Crippen LogP contribution in [0.1, 0.15) is 64.7 Å². The Balaban J connectivity index is 1.71. The predicted molar refractivity (Wildman–Crippen MR) is 79.1 cm³/mol. The van der Waals surface area contributed by atoms with Crippen molar-refractivity contribution < 1.29 is 4.79 Å². The Morgan fingerprint density at radius 2 is 1.63 bits per heavy atom. The molecule has 0 aromatic heterocycles. The highest BCUT2D eigenvalue weighted by Gasteiger charge is 2.22. The first-order chi connectivity index (χ1) is 9.27. The van der Waals surface area contributed by atoms with E-state index in [2.05, 4.69) is 17.1 Å². The Kier molecular flexibility index (Phi) is 6.15. The topological polar surface area (TPSA) is 32.3 Å². The highest BCUT2D eigenvalue weighted by molar-refractivity contribution is 5.81. The highest BCUT2D eigenvalue weighted by Crippen LogP contribution is 2.22. The number of nitrogens with zero attached hydrogens (tertiary/aromatic N) is 1. The van der Waals surface area contributed by atoms with E-state index >= 15 is 0 Å². The smallest absolute Gasteiger partial charge is 0.237 e. The molecular formula is C16H30N2O. The molecule has 1 saturated heterocycles. The third-order valence-corrected chi connectivity index (χ3v) is 4.86. The fourth-order valence-electron chi connectivity index (χ4n) is 3.43. The summed E-state index contributed by atoms with van der Waals surface area (Å²) >= 11 is 0. The molecule has 1 N–H and O–H groups in total. The molecule has 1 amide bonds. The lowest BCUT2D eigenvalue weighted by atomic mass is 9.89. The van der Waals surface area contributed by atoms with Crippen molar-refractivity contribution in [3.05, 3.63) is 0 Å². The van der Waals surface area contributed by atoms with Gasteiger partial charge in [-0.25, -0.2) is 0 Å². The van der Waals surface area contributed by atoms with Crippen molar-refractivity contribution in [2.75, 3.05) is 19.6 Å². The average Bonchev–Trinajstić information content (AvgIpc) is 2.74. The minimum Gasteiger partial charge on any atom is -0.354 e. The van der Waals surface area contributed by atoms with Crippen molar-refractivity contribution in [2.24, 2.45) is 5.92 Å². The molecule has 0 bridgehead atoms. The van der Waals surface area contributed by atoms with Crippen LogP contribution in [-0.2, 0) is 4.79 Å². The molecule has 3 heteroatoms. The molecule has 19 heavy (non-hydrogen) atoms. The molecule has 1 unspecified atom stereocenters. The second-order valence-electron chi connectivity index (χ2n) is 6.38. The average molecular weight is 266 g/mol. The molecule has 110 valence electrons. The number of likely N-dealkylation sites (tertiary alicyclic amines) is 1. The van der Waals surface area contributed by atoms with Gasteiger partial charge in [0.2, 0.25) is 5.91 Å². The van der Waals surface area contributed by atoms with Crippen LogP contribution in [0.25, 0.3) is 0 Å². The largest absolute Gasteiger partial charge is 0.354 e. The van der Waals surface area contributed by atoms with E-state index in [1.807, 2.05) is 0 Å². The molecule has 3 nitrogen and oxygen atoms in total. The van der Waals surface area contributed by atoms with E-state index in [0.717, 1.165) is 25.6 Å². The van der Waals surface area contributed by atoms with E-state index in [1.165, 1.54) is 57.8 Å². The minimum absolute atomic E-state index is 0.0571. The molecule has 1 heterocycles. The molecule has 2 rings (SSSR count). The number of nitrogens with one attached hydrogen (secondary N) is 1. The Bertz CT molecular complexity index is 266. The van der Waals surface area contributed by atoms with Crippen LogP contribution in [0.2, 0.25) is 0 Å². The van der Waals surface area contributed by atoms with Crippen molar-refractivity contribution in [2.45, 2.75) is 70.8 Å². The molecule has 0 aromatic rings. The van der Waals surface area contributed by atoms with Gasteiger partial charge < -0.3 is 5.32 Å². The Labute approximate surface area is 118 Å². The molecule has 0 radical (unpaired) electrons. The molecule has 0 aromatic carbocycles. The Morgan fingerprint density at radius 1 is 1.05 bits per heavy atom. The van der Waals surface area contributed by atoms with Gasteiger partial charge in [0.1, 0.15) is 0 Å². The van der Waals surface area contributed by atoms with Gasteiger partial charge in [0.05, 0.1) is 6.04 Å². The van der Waals surface area contributed by atoms with Gasteiger partial charge in [-0.05, 0) is 51.6 Å². The zero-order valence-corrected chi connectivity index (χ0v) is 12.5. The van der Waals surface area contributed by atoms with Crippen LogP contribution in [0.3, 0.4) is 0 Å². The van der Waals surface area contributed by atoms with Crippen LogP contribution in [0, 0.1) is 5.92 Å². The monoisotopic (exact) mass is 266 g/mol. The number of amides is 1. The van der Waals surface area contributed by atoms with Crippen LogP contribution in [0.5, 0.6) is 0 Å². The Hall–Kier alpha value is -0.570. The number of hydrogen-bond donors (Lipinski definition) is 1. The second-order valence-corrected chi connectivity index (χ2v) is 6.38. The third kappa shape index (κ3) is 4.79. The lowest BCUT2D eigenvalue weighted by Crippen LogP contribution is -2.46. The summed E-state index contributed by atoms with van der Waals surface area (Å²) in [6.45, 7) is 5.16. The van der Waals surface area contributed by atoms with Crippen LogP contribution in [0.4, 0.5) is 0 Å². The van der Waals surface area contributed by atoms with E-state index < -0.39 is 0 Å². The molecule has 1 saturated carbocycles. The van der Waals surface area contributed by atoms with Gasteiger partial charge in [-0.2, -0.15) is 0 Å². The number of rotatable bonds is 4. The van der Waals surface area contributed by atoms with Crippen molar-refractivity contribution in [3.63, 3.8) is 0 Å². The van der Waals surface area contributed by atoms with E-state index in [1.54, 1.807) is 0 Å². The van der Waals surface area contributed by atoms with E-state index in [-0.39, 0.29) is 11.9 Å². The maximum atomic E-state index is 12.2. The summed E-state index contributed by atoms with van der Waals surface area (Å²) in [6.07, 6.45) is 11.8. The first-order valence-electron chi connectivity index (χ1n) is 8.29. The van der Waals surface area contributed by atoms with Crippen molar-refractivity contribution >= 4 is 5.91 Å². The normalized spacial score (nSPS) is 24.7. The molecule has 2 fully saturated rings. The number of carbonyl (C=O) groups is 1. The first-order valence-corrected chi connectivity index (χ1v) is 8.29. The van der Waals surface area contributed by atoms with Crippen molar-refractivity contribution in [1.82, 2.24) is 10.2 Å². The molecule has 1 aliphatic heterocycles. The van der Waals surface area contributed by atoms with E-state index in [0.29, 0.717) is 0 Å². The van der Waals surface area contributed by atoms with Crippen LogP contribution < -0.4 is 5.32 Å². The maximum Gasteiger partial charge on any atom is 0.237 e. The summed E-state index contributed by atoms with van der Waals surface area (Å²) in [5, 5.41) is 3.19. The lowest BCUT2D eigenvalue weighted by molar-refractivity contribution is -0.126. The van der Waals surface area contributed by atoms with Gasteiger partial charge in [-0.1, -0.05) is 32.1 Å². The highest BCUT2D eigenvalue weighted by atomic mass is 16.2. The SMILES string of the molecule is CC(C(=O)NCC1CCCCC1)N1CCCCCC1. The zero-order chi connectivity index (χ0) is 13.5. The van der Waals surface area contributed by atoms with Gasteiger partial charge in [-0.3, -0.25) is 9.69 Å². The summed E-state index contributed by atoms with van der Waals surface area (Å²) in [5.41, 5.74) is 0.